The SMILES string of the molecule is CN=C(NCc1ccnc(Oc2ccc(C)c(C)c2)c1)NC1CCN(CC(F)(F)F)C1. The Balaban J connectivity index is 1.52. The van der Waals surface area contributed by atoms with Crippen molar-refractivity contribution in [2.45, 2.75) is 39.0 Å². The van der Waals surface area contributed by atoms with Crippen LogP contribution < -0.4 is 15.4 Å². The molecule has 2 aromatic rings. The highest BCUT2D eigenvalue weighted by molar-refractivity contribution is 5.80. The molecule has 1 atom stereocenters. The number of aromatic nitrogens is 1. The number of hydrogen-bond donors (Lipinski definition) is 2. The van der Waals surface area contributed by atoms with Gasteiger partial charge in [0.25, 0.3) is 0 Å². The first kappa shape index (κ1) is 22.9. The molecule has 1 aliphatic rings. The van der Waals surface area contributed by atoms with Crippen molar-refractivity contribution in [1.82, 2.24) is 20.5 Å². The monoisotopic (exact) mass is 435 g/mol. The molecule has 0 bridgehead atoms. The minimum Gasteiger partial charge on any atom is -0.439 e. The maximum absolute atomic E-state index is 12.6. The second-order valence-corrected chi connectivity index (χ2v) is 7.76. The molecular weight excluding hydrogens is 407 g/mol. The van der Waals surface area contributed by atoms with Crippen LogP contribution in [0.25, 0.3) is 0 Å². The van der Waals surface area contributed by atoms with Gasteiger partial charge in [-0.1, -0.05) is 6.07 Å². The summed E-state index contributed by atoms with van der Waals surface area (Å²) in [5.41, 5.74) is 3.29. The zero-order valence-corrected chi connectivity index (χ0v) is 18.0. The van der Waals surface area contributed by atoms with Crippen LogP contribution in [0, 0.1) is 13.8 Å². The number of pyridine rings is 1. The Morgan fingerprint density at radius 2 is 2.03 bits per heavy atom. The molecule has 0 spiro atoms. The molecule has 1 saturated heterocycles. The second kappa shape index (κ2) is 10.00. The Hall–Kier alpha value is -2.81. The number of benzene rings is 1. The highest BCUT2D eigenvalue weighted by Gasteiger charge is 2.34. The van der Waals surface area contributed by atoms with Gasteiger partial charge in [-0.2, -0.15) is 13.2 Å². The largest absolute Gasteiger partial charge is 0.439 e. The maximum Gasteiger partial charge on any atom is 0.401 e. The molecule has 2 N–H and O–H groups in total. The molecule has 168 valence electrons. The van der Waals surface area contributed by atoms with Gasteiger partial charge >= 0.3 is 6.18 Å². The topological polar surface area (TPSA) is 61.8 Å². The molecule has 1 unspecified atom stereocenters. The van der Waals surface area contributed by atoms with Crippen molar-refractivity contribution in [2.75, 3.05) is 26.7 Å². The molecule has 1 aliphatic heterocycles. The third-order valence-corrected chi connectivity index (χ3v) is 5.20. The van der Waals surface area contributed by atoms with Crippen LogP contribution in [-0.2, 0) is 6.54 Å². The van der Waals surface area contributed by atoms with Crippen molar-refractivity contribution in [3.05, 3.63) is 53.2 Å². The number of alkyl halides is 3. The van der Waals surface area contributed by atoms with E-state index in [1.807, 2.05) is 44.2 Å². The zero-order chi connectivity index (χ0) is 22.4. The Morgan fingerprint density at radius 3 is 2.74 bits per heavy atom. The number of nitrogens with zero attached hydrogens (tertiary/aromatic N) is 3. The number of hydrogen-bond acceptors (Lipinski definition) is 4. The van der Waals surface area contributed by atoms with E-state index in [4.69, 9.17) is 4.74 Å². The number of ether oxygens (including phenoxy) is 1. The Bertz CT molecular complexity index is 916. The summed E-state index contributed by atoms with van der Waals surface area (Å²) in [6, 6.07) is 9.52. The number of nitrogens with one attached hydrogen (secondary N) is 2. The number of likely N-dealkylation sites (tertiary alicyclic amines) is 1. The summed E-state index contributed by atoms with van der Waals surface area (Å²) >= 11 is 0. The fourth-order valence-electron chi connectivity index (χ4n) is 3.44. The molecule has 0 saturated carbocycles. The molecule has 6 nitrogen and oxygen atoms in total. The molecule has 31 heavy (non-hydrogen) atoms. The van der Waals surface area contributed by atoms with E-state index >= 15 is 0 Å². The van der Waals surface area contributed by atoms with Gasteiger partial charge in [-0.3, -0.25) is 9.89 Å². The number of aliphatic imine (C=N–C) groups is 1. The minimum atomic E-state index is -4.17. The van der Waals surface area contributed by atoms with E-state index in [0.29, 0.717) is 37.9 Å². The van der Waals surface area contributed by atoms with Gasteiger partial charge in [0.2, 0.25) is 5.88 Å². The van der Waals surface area contributed by atoms with Crippen LogP contribution in [0.5, 0.6) is 11.6 Å². The van der Waals surface area contributed by atoms with Gasteiger partial charge in [-0.25, -0.2) is 4.98 Å². The number of aryl methyl sites for hydroxylation is 2. The molecule has 0 aliphatic carbocycles. The second-order valence-electron chi connectivity index (χ2n) is 7.76. The van der Waals surface area contributed by atoms with E-state index in [1.165, 1.54) is 10.5 Å². The molecule has 3 rings (SSSR count). The normalized spacial score (nSPS) is 17.6. The molecular formula is C22H28F3N5O. The lowest BCUT2D eigenvalue weighted by molar-refractivity contribution is -0.143. The van der Waals surface area contributed by atoms with Crippen LogP contribution in [0.1, 0.15) is 23.1 Å². The summed E-state index contributed by atoms with van der Waals surface area (Å²) in [6.07, 6.45) is -1.86. The lowest BCUT2D eigenvalue weighted by Crippen LogP contribution is -2.44. The zero-order valence-electron chi connectivity index (χ0n) is 18.0. The summed E-state index contributed by atoms with van der Waals surface area (Å²) in [5.74, 6) is 1.76. The molecule has 1 aromatic carbocycles. The third-order valence-electron chi connectivity index (χ3n) is 5.20. The first-order valence-electron chi connectivity index (χ1n) is 10.2. The van der Waals surface area contributed by atoms with Gasteiger partial charge in [-0.05, 0) is 55.2 Å². The Kier molecular flexibility index (Phi) is 7.37. The Morgan fingerprint density at radius 1 is 1.23 bits per heavy atom. The minimum absolute atomic E-state index is 0.0744. The summed E-state index contributed by atoms with van der Waals surface area (Å²) in [6.45, 7) is 4.42. The van der Waals surface area contributed by atoms with Gasteiger partial charge in [0.15, 0.2) is 5.96 Å². The van der Waals surface area contributed by atoms with Crippen LogP contribution in [0.15, 0.2) is 41.5 Å². The number of guanidine groups is 1. The predicted octanol–water partition coefficient (Wildman–Crippen LogP) is 3.79. The van der Waals surface area contributed by atoms with E-state index in [1.54, 1.807) is 13.2 Å². The average molecular weight is 435 g/mol. The van der Waals surface area contributed by atoms with Crippen molar-refractivity contribution in [2.24, 2.45) is 4.99 Å². The van der Waals surface area contributed by atoms with Crippen LogP contribution in [0.3, 0.4) is 0 Å². The number of halogens is 3. The number of rotatable bonds is 6. The highest BCUT2D eigenvalue weighted by atomic mass is 19.4. The lowest BCUT2D eigenvalue weighted by atomic mass is 10.1. The van der Waals surface area contributed by atoms with Crippen molar-refractivity contribution in [3.63, 3.8) is 0 Å². The van der Waals surface area contributed by atoms with Crippen molar-refractivity contribution >= 4 is 5.96 Å². The fourth-order valence-corrected chi connectivity index (χ4v) is 3.44. The van der Waals surface area contributed by atoms with Crippen LogP contribution in [0.4, 0.5) is 13.2 Å². The molecule has 1 aromatic heterocycles. The molecule has 2 heterocycles. The third kappa shape index (κ3) is 7.13. The fraction of sp³-hybridized carbons (Fsp3) is 0.455. The van der Waals surface area contributed by atoms with Crippen molar-refractivity contribution < 1.29 is 17.9 Å². The summed E-state index contributed by atoms with van der Waals surface area (Å²) in [7, 11) is 1.64. The smallest absolute Gasteiger partial charge is 0.401 e. The predicted molar refractivity (Wildman–Crippen MR) is 114 cm³/mol. The molecule has 0 radical (unpaired) electrons. The van der Waals surface area contributed by atoms with Crippen molar-refractivity contribution in [3.8, 4) is 11.6 Å². The first-order chi connectivity index (χ1) is 14.7. The van der Waals surface area contributed by atoms with Gasteiger partial charge in [-0.15, -0.1) is 0 Å². The van der Waals surface area contributed by atoms with E-state index in [-0.39, 0.29) is 6.04 Å². The molecule has 0 amide bonds. The van der Waals surface area contributed by atoms with Gasteiger partial charge in [0, 0.05) is 45.0 Å². The van der Waals surface area contributed by atoms with Crippen molar-refractivity contribution in [1.29, 1.82) is 0 Å². The van der Waals surface area contributed by atoms with Crippen LogP contribution in [-0.4, -0.2) is 54.7 Å². The summed E-state index contributed by atoms with van der Waals surface area (Å²) < 4.78 is 43.6. The average Bonchev–Trinajstić information content (AvgIpc) is 3.13. The van der Waals surface area contributed by atoms with Gasteiger partial charge in [0.1, 0.15) is 5.75 Å². The quantitative estimate of drug-likeness (QED) is 0.534. The van der Waals surface area contributed by atoms with E-state index in [0.717, 1.165) is 16.9 Å². The van der Waals surface area contributed by atoms with E-state index in [2.05, 4.69) is 20.6 Å². The van der Waals surface area contributed by atoms with E-state index in [9.17, 15) is 13.2 Å². The summed E-state index contributed by atoms with van der Waals surface area (Å²) in [4.78, 5) is 9.85. The van der Waals surface area contributed by atoms with Crippen LogP contribution >= 0.6 is 0 Å². The first-order valence-corrected chi connectivity index (χ1v) is 10.2. The van der Waals surface area contributed by atoms with E-state index < -0.39 is 12.7 Å². The lowest BCUT2D eigenvalue weighted by Gasteiger charge is -2.20. The maximum atomic E-state index is 12.6. The summed E-state index contributed by atoms with van der Waals surface area (Å²) in [5, 5.41) is 6.40. The van der Waals surface area contributed by atoms with Gasteiger partial charge in [0.05, 0.1) is 6.54 Å². The molecule has 1 fully saturated rings. The Labute approximate surface area is 180 Å². The molecule has 9 heteroatoms. The standard InChI is InChI=1S/C22H28F3N5O/c1-15-4-5-19(10-16(15)2)31-20-11-17(6-8-27-20)12-28-21(26-3)29-18-7-9-30(13-18)14-22(23,24)25/h4-6,8,10-11,18H,7,9,12-14H2,1-3H3,(H2,26,28,29). The highest BCUT2D eigenvalue weighted by Crippen LogP contribution is 2.23. The van der Waals surface area contributed by atoms with Crippen LogP contribution in [0.2, 0.25) is 0 Å². The van der Waals surface area contributed by atoms with Gasteiger partial charge < -0.3 is 15.4 Å².